The summed E-state index contributed by atoms with van der Waals surface area (Å²) in [4.78, 5) is 17.3. The normalized spacial score (nSPS) is 18.2. The van der Waals surface area contributed by atoms with Crippen LogP contribution in [0.2, 0.25) is 0 Å². The number of anilines is 3. The zero-order valence-corrected chi connectivity index (χ0v) is 18.8. The second-order valence-corrected chi connectivity index (χ2v) is 8.85. The number of piperazine rings is 1. The molecule has 3 heterocycles. The summed E-state index contributed by atoms with van der Waals surface area (Å²) in [5, 5.41) is 1.03. The van der Waals surface area contributed by atoms with Crippen molar-refractivity contribution >= 4 is 28.1 Å². The Bertz CT molecular complexity index is 1150. The number of ether oxygens (including phenoxy) is 2. The van der Waals surface area contributed by atoms with E-state index in [0.717, 1.165) is 54.5 Å². The van der Waals surface area contributed by atoms with E-state index in [9.17, 15) is 0 Å². The maximum absolute atomic E-state index is 5.58. The molecule has 0 spiro atoms. The molecule has 0 bridgehead atoms. The van der Waals surface area contributed by atoms with Crippen molar-refractivity contribution in [2.24, 2.45) is 0 Å². The van der Waals surface area contributed by atoms with Gasteiger partial charge < -0.3 is 24.2 Å². The first-order chi connectivity index (χ1) is 15.7. The van der Waals surface area contributed by atoms with Crippen molar-refractivity contribution in [3.8, 4) is 11.5 Å². The average Bonchev–Trinajstić information content (AvgIpc) is 3.75. The van der Waals surface area contributed by atoms with Gasteiger partial charge in [0, 0.05) is 56.6 Å². The standard InChI is InChI=1S/C25H29N5O2/c1-31-22-15-18-19(16-23(22)32-2)26-24(17-7-8-17)27-25(18)30-13-11-29(12-14-30)21-6-4-3-5-20(21)28-9-10-28/h3-6,15-17H,7-14H2,1-2H3. The van der Waals surface area contributed by atoms with Crippen molar-refractivity contribution in [2.75, 3.05) is 68.2 Å². The van der Waals surface area contributed by atoms with Gasteiger partial charge in [-0.2, -0.15) is 0 Å². The number of methoxy groups -OCH3 is 2. The van der Waals surface area contributed by atoms with Crippen molar-refractivity contribution in [1.29, 1.82) is 0 Å². The molecule has 0 unspecified atom stereocenters. The highest BCUT2D eigenvalue weighted by molar-refractivity contribution is 5.92. The highest BCUT2D eigenvalue weighted by Crippen LogP contribution is 2.42. The van der Waals surface area contributed by atoms with Crippen LogP contribution in [0.15, 0.2) is 36.4 Å². The molecular weight excluding hydrogens is 402 g/mol. The van der Waals surface area contributed by atoms with E-state index in [-0.39, 0.29) is 0 Å². The van der Waals surface area contributed by atoms with Gasteiger partial charge in [-0.3, -0.25) is 0 Å². The number of aromatic nitrogens is 2. The number of benzene rings is 2. The molecule has 2 aromatic carbocycles. The first-order valence-electron chi connectivity index (χ1n) is 11.5. The number of hydrogen-bond donors (Lipinski definition) is 0. The number of nitrogens with zero attached hydrogens (tertiary/aromatic N) is 5. The maximum atomic E-state index is 5.58. The predicted octanol–water partition coefficient (Wildman–Crippen LogP) is 3.67. The van der Waals surface area contributed by atoms with E-state index in [4.69, 9.17) is 19.4 Å². The molecule has 2 aliphatic heterocycles. The van der Waals surface area contributed by atoms with Crippen LogP contribution in [0.3, 0.4) is 0 Å². The highest BCUT2D eigenvalue weighted by atomic mass is 16.5. The lowest BCUT2D eigenvalue weighted by molar-refractivity contribution is 0.355. The topological polar surface area (TPSA) is 53.7 Å². The fraction of sp³-hybridized carbons (Fsp3) is 0.440. The first-order valence-corrected chi connectivity index (χ1v) is 11.5. The lowest BCUT2D eigenvalue weighted by Gasteiger charge is -2.38. The van der Waals surface area contributed by atoms with Crippen molar-refractivity contribution in [1.82, 2.24) is 9.97 Å². The molecule has 7 heteroatoms. The molecular formula is C25H29N5O2. The summed E-state index contributed by atoms with van der Waals surface area (Å²) in [7, 11) is 3.34. The molecule has 3 aliphatic rings. The van der Waals surface area contributed by atoms with Crippen LogP contribution >= 0.6 is 0 Å². The molecule has 0 amide bonds. The van der Waals surface area contributed by atoms with Crippen LogP contribution in [0.4, 0.5) is 17.2 Å². The number of para-hydroxylation sites is 2. The molecule has 0 N–H and O–H groups in total. The van der Waals surface area contributed by atoms with E-state index in [1.165, 1.54) is 37.3 Å². The van der Waals surface area contributed by atoms with Crippen molar-refractivity contribution in [3.05, 3.63) is 42.2 Å². The second kappa shape index (κ2) is 7.73. The number of rotatable bonds is 6. The Morgan fingerprint density at radius 3 is 1.88 bits per heavy atom. The zero-order chi connectivity index (χ0) is 21.7. The Kier molecular flexibility index (Phi) is 4.70. The Balaban J connectivity index is 1.32. The minimum absolute atomic E-state index is 0.493. The van der Waals surface area contributed by atoms with Crippen molar-refractivity contribution in [2.45, 2.75) is 18.8 Å². The molecule has 3 fully saturated rings. The van der Waals surface area contributed by atoms with Crippen molar-refractivity contribution in [3.63, 3.8) is 0 Å². The summed E-state index contributed by atoms with van der Waals surface area (Å²) in [6, 6.07) is 12.8. The monoisotopic (exact) mass is 431 g/mol. The van der Waals surface area contributed by atoms with E-state index in [1.807, 2.05) is 12.1 Å². The first kappa shape index (κ1) is 19.5. The molecule has 1 aromatic heterocycles. The summed E-state index contributed by atoms with van der Waals surface area (Å²) in [5.74, 6) is 3.91. The van der Waals surface area contributed by atoms with Crippen LogP contribution in [0.1, 0.15) is 24.6 Å². The predicted molar refractivity (Wildman–Crippen MR) is 128 cm³/mol. The molecule has 0 atom stereocenters. The van der Waals surface area contributed by atoms with E-state index < -0.39 is 0 Å². The van der Waals surface area contributed by atoms with Gasteiger partial charge in [-0.1, -0.05) is 12.1 Å². The second-order valence-electron chi connectivity index (χ2n) is 8.85. The summed E-state index contributed by atoms with van der Waals surface area (Å²) >= 11 is 0. The van der Waals surface area contributed by atoms with Gasteiger partial charge in [0.1, 0.15) is 11.6 Å². The van der Waals surface area contributed by atoms with Crippen molar-refractivity contribution < 1.29 is 9.47 Å². The quantitative estimate of drug-likeness (QED) is 0.552. The smallest absolute Gasteiger partial charge is 0.162 e. The molecule has 3 aromatic rings. The Morgan fingerprint density at radius 1 is 0.750 bits per heavy atom. The highest BCUT2D eigenvalue weighted by Gasteiger charge is 2.30. The number of fused-ring (bicyclic) bond motifs is 1. The maximum Gasteiger partial charge on any atom is 0.162 e. The van der Waals surface area contributed by atoms with E-state index in [2.05, 4.69) is 39.0 Å². The third kappa shape index (κ3) is 3.45. The number of hydrogen-bond acceptors (Lipinski definition) is 7. The summed E-state index contributed by atoms with van der Waals surface area (Å²) in [5.41, 5.74) is 3.65. The Hall–Kier alpha value is -3.22. The average molecular weight is 432 g/mol. The third-order valence-electron chi connectivity index (χ3n) is 6.73. The lowest BCUT2D eigenvalue weighted by Crippen LogP contribution is -2.47. The fourth-order valence-corrected chi connectivity index (χ4v) is 4.67. The molecule has 2 saturated heterocycles. The minimum atomic E-state index is 0.493. The molecule has 7 nitrogen and oxygen atoms in total. The minimum Gasteiger partial charge on any atom is -0.493 e. The van der Waals surface area contributed by atoms with Gasteiger partial charge in [-0.15, -0.1) is 0 Å². The molecule has 0 radical (unpaired) electrons. The SMILES string of the molecule is COc1cc2nc(C3CC3)nc(N3CCN(c4ccccc4N4CC4)CC3)c2cc1OC. The van der Waals surface area contributed by atoms with Crippen LogP contribution in [0.5, 0.6) is 11.5 Å². The zero-order valence-electron chi connectivity index (χ0n) is 18.8. The summed E-state index contributed by atoms with van der Waals surface area (Å²) < 4.78 is 11.1. The van der Waals surface area contributed by atoms with E-state index in [1.54, 1.807) is 14.2 Å². The largest absolute Gasteiger partial charge is 0.493 e. The molecule has 1 saturated carbocycles. The van der Waals surface area contributed by atoms with Gasteiger partial charge in [0.15, 0.2) is 11.5 Å². The van der Waals surface area contributed by atoms with Gasteiger partial charge >= 0.3 is 0 Å². The summed E-state index contributed by atoms with van der Waals surface area (Å²) in [6.45, 7) is 6.14. The van der Waals surface area contributed by atoms with Gasteiger partial charge in [0.2, 0.25) is 0 Å². The fourth-order valence-electron chi connectivity index (χ4n) is 4.67. The van der Waals surface area contributed by atoms with E-state index in [0.29, 0.717) is 11.7 Å². The Morgan fingerprint density at radius 2 is 1.31 bits per heavy atom. The van der Waals surface area contributed by atoms with Gasteiger partial charge in [0.05, 0.1) is 31.1 Å². The van der Waals surface area contributed by atoms with Crippen LogP contribution in [-0.2, 0) is 0 Å². The van der Waals surface area contributed by atoms with Crippen LogP contribution < -0.4 is 24.2 Å². The summed E-state index contributed by atoms with van der Waals surface area (Å²) in [6.07, 6.45) is 2.36. The van der Waals surface area contributed by atoms with Gasteiger partial charge in [-0.05, 0) is 31.0 Å². The van der Waals surface area contributed by atoms with Gasteiger partial charge in [-0.25, -0.2) is 9.97 Å². The van der Waals surface area contributed by atoms with E-state index >= 15 is 0 Å². The molecule has 6 rings (SSSR count). The van der Waals surface area contributed by atoms with Gasteiger partial charge in [0.25, 0.3) is 0 Å². The van der Waals surface area contributed by atoms with Crippen LogP contribution in [0, 0.1) is 0 Å². The molecule has 1 aliphatic carbocycles. The Labute approximate surface area is 188 Å². The third-order valence-corrected chi connectivity index (χ3v) is 6.73. The van der Waals surface area contributed by atoms with Crippen LogP contribution in [0.25, 0.3) is 10.9 Å². The van der Waals surface area contributed by atoms with Crippen LogP contribution in [-0.4, -0.2) is 63.5 Å². The molecule has 166 valence electrons. The molecule has 32 heavy (non-hydrogen) atoms. The lowest BCUT2D eigenvalue weighted by atomic mass is 10.1.